The zero-order valence-electron chi connectivity index (χ0n) is 15.9. The Balaban J connectivity index is 1.56. The van der Waals surface area contributed by atoms with Gasteiger partial charge in [-0.1, -0.05) is 0 Å². The molecule has 1 aliphatic carbocycles. The lowest BCUT2D eigenvalue weighted by Crippen LogP contribution is -2.41. The van der Waals surface area contributed by atoms with Crippen LogP contribution < -0.4 is 10.1 Å². The first-order valence-corrected chi connectivity index (χ1v) is 9.38. The van der Waals surface area contributed by atoms with Crippen LogP contribution in [0.3, 0.4) is 0 Å². The maximum Gasteiger partial charge on any atom is 0.421 e. The molecule has 0 aromatic carbocycles. The molecule has 1 amide bonds. The molecule has 30 heavy (non-hydrogen) atoms. The van der Waals surface area contributed by atoms with E-state index in [1.165, 1.54) is 18.2 Å². The predicted octanol–water partition coefficient (Wildman–Crippen LogP) is 3.71. The van der Waals surface area contributed by atoms with E-state index in [2.05, 4.69) is 15.3 Å². The molecule has 0 saturated heterocycles. The van der Waals surface area contributed by atoms with Gasteiger partial charge in [0.25, 0.3) is 0 Å². The molecule has 0 bridgehead atoms. The van der Waals surface area contributed by atoms with Crippen LogP contribution in [0.25, 0.3) is 0 Å². The quantitative estimate of drug-likeness (QED) is 0.784. The number of nitrogens with one attached hydrogen (secondary N) is 1. The summed E-state index contributed by atoms with van der Waals surface area (Å²) in [4.78, 5) is 32.0. The number of fused-ring (bicyclic) bond motifs is 2. The molecular weight excluding hydrogens is 403 g/mol. The molecule has 1 spiro atoms. The third-order valence-electron chi connectivity index (χ3n) is 5.62. The third-order valence-corrected chi connectivity index (χ3v) is 5.62. The van der Waals surface area contributed by atoms with E-state index in [-0.39, 0.29) is 24.4 Å². The lowest BCUT2D eigenvalue weighted by molar-refractivity contribution is -0.139. The molecule has 10 heteroatoms. The summed E-state index contributed by atoms with van der Waals surface area (Å²) in [7, 11) is 0. The largest absolute Gasteiger partial charge is 0.477 e. The highest BCUT2D eigenvalue weighted by molar-refractivity contribution is 6.06. The van der Waals surface area contributed by atoms with E-state index >= 15 is 0 Å². The Morgan fingerprint density at radius 2 is 1.90 bits per heavy atom. The topological polar surface area (TPSA) is 101 Å². The lowest BCUT2D eigenvalue weighted by Gasteiger charge is -2.35. The number of aromatic nitrogens is 2. The van der Waals surface area contributed by atoms with Gasteiger partial charge in [0.15, 0.2) is 0 Å². The summed E-state index contributed by atoms with van der Waals surface area (Å²) in [6, 6.07) is 5.04. The fourth-order valence-corrected chi connectivity index (χ4v) is 4.06. The first-order valence-electron chi connectivity index (χ1n) is 9.38. The van der Waals surface area contributed by atoms with Crippen LogP contribution in [-0.2, 0) is 16.4 Å². The molecular formula is C20H18F3N3O4. The summed E-state index contributed by atoms with van der Waals surface area (Å²) in [5.41, 5.74) is -0.876. The van der Waals surface area contributed by atoms with E-state index in [0.717, 1.165) is 6.07 Å². The van der Waals surface area contributed by atoms with Crippen molar-refractivity contribution in [2.24, 2.45) is 0 Å². The average molecular weight is 421 g/mol. The van der Waals surface area contributed by atoms with Crippen molar-refractivity contribution in [3.8, 4) is 5.88 Å². The molecule has 2 aliphatic rings. The van der Waals surface area contributed by atoms with E-state index in [4.69, 9.17) is 4.74 Å². The van der Waals surface area contributed by atoms with Crippen molar-refractivity contribution < 1.29 is 32.6 Å². The van der Waals surface area contributed by atoms with Gasteiger partial charge in [0.1, 0.15) is 17.4 Å². The Labute approximate surface area is 169 Å². The second kappa shape index (κ2) is 6.96. The highest BCUT2D eigenvalue weighted by Gasteiger charge is 2.51. The number of carboxylic acid groups (broad SMARTS) is 1. The molecule has 2 aromatic rings. The number of nitrogens with zero attached hydrogens (tertiary/aromatic N) is 2. The molecule has 1 aliphatic heterocycles. The number of aryl methyl sites for hydroxylation is 1. The van der Waals surface area contributed by atoms with Gasteiger partial charge in [0.05, 0.1) is 16.8 Å². The van der Waals surface area contributed by atoms with Crippen LogP contribution in [0.15, 0.2) is 24.3 Å². The number of carbonyl (C=O) groups is 2. The van der Waals surface area contributed by atoms with Gasteiger partial charge in [-0.25, -0.2) is 14.8 Å². The maximum absolute atomic E-state index is 13.3. The Kier molecular flexibility index (Phi) is 4.67. The number of halogens is 3. The van der Waals surface area contributed by atoms with Crippen LogP contribution >= 0.6 is 0 Å². The third kappa shape index (κ3) is 3.35. The molecule has 4 rings (SSSR count). The van der Waals surface area contributed by atoms with E-state index in [1.807, 2.05) is 0 Å². The Bertz CT molecular complexity index is 1030. The van der Waals surface area contributed by atoms with Crippen LogP contribution in [0.5, 0.6) is 5.88 Å². The zero-order valence-corrected chi connectivity index (χ0v) is 15.9. The number of hydrogen-bond acceptors (Lipinski definition) is 5. The summed E-state index contributed by atoms with van der Waals surface area (Å²) in [6.45, 7) is 1.58. The van der Waals surface area contributed by atoms with Crippen molar-refractivity contribution in [2.75, 3.05) is 5.32 Å². The molecule has 158 valence electrons. The number of carbonyl (C=O) groups excluding carboxylic acids is 1. The number of pyridine rings is 2. The van der Waals surface area contributed by atoms with Gasteiger partial charge in [0, 0.05) is 5.69 Å². The second-order valence-corrected chi connectivity index (χ2v) is 7.55. The number of ether oxygens (including phenoxy) is 1. The molecule has 0 unspecified atom stereocenters. The first-order chi connectivity index (χ1) is 14.1. The fourth-order valence-electron chi connectivity index (χ4n) is 4.06. The van der Waals surface area contributed by atoms with Crippen molar-refractivity contribution in [2.45, 2.75) is 50.3 Å². The Morgan fingerprint density at radius 3 is 2.53 bits per heavy atom. The van der Waals surface area contributed by atoms with Gasteiger partial charge in [-0.05, 0) is 56.9 Å². The summed E-state index contributed by atoms with van der Waals surface area (Å²) < 4.78 is 45.4. The van der Waals surface area contributed by atoms with Gasteiger partial charge in [-0.3, -0.25) is 4.79 Å². The molecule has 0 radical (unpaired) electrons. The predicted molar refractivity (Wildman–Crippen MR) is 98.4 cm³/mol. The number of anilines is 1. The monoisotopic (exact) mass is 421 g/mol. The number of aromatic carboxylic acids is 1. The highest BCUT2D eigenvalue weighted by atomic mass is 19.4. The van der Waals surface area contributed by atoms with Crippen molar-refractivity contribution >= 4 is 17.6 Å². The van der Waals surface area contributed by atoms with Crippen molar-refractivity contribution in [1.82, 2.24) is 9.97 Å². The average Bonchev–Trinajstić information content (AvgIpc) is 2.93. The molecule has 0 atom stereocenters. The maximum atomic E-state index is 13.3. The van der Waals surface area contributed by atoms with Gasteiger partial charge in [-0.2, -0.15) is 13.2 Å². The minimum absolute atomic E-state index is 0.165. The standard InChI is InChI=1S/C20H18F3N3O4/c1-10-2-3-12(20(21,22)23)16(24-10)30-11-6-8-19(9-7-11)15-13(26-18(19)29)4-5-14(25-15)17(27)28/h2-5,11H,6-9H2,1H3,(H,26,29)(H,27,28)/t11-,19-. The molecule has 1 saturated carbocycles. The van der Waals surface area contributed by atoms with E-state index in [0.29, 0.717) is 29.9 Å². The summed E-state index contributed by atoms with van der Waals surface area (Å²) in [5, 5.41) is 11.9. The molecule has 2 N–H and O–H groups in total. The SMILES string of the molecule is Cc1ccc(C(F)(F)F)c(O[C@H]2CC[C@@]3(CC2)C(=O)Nc2ccc(C(=O)O)nc23)n1. The van der Waals surface area contributed by atoms with Gasteiger partial charge in [-0.15, -0.1) is 0 Å². The number of hydrogen-bond donors (Lipinski definition) is 2. The Hall–Kier alpha value is -3.17. The molecule has 2 aromatic heterocycles. The van der Waals surface area contributed by atoms with Crippen LogP contribution in [0, 0.1) is 6.92 Å². The molecule has 1 fully saturated rings. The molecule has 3 heterocycles. The smallest absolute Gasteiger partial charge is 0.421 e. The van der Waals surface area contributed by atoms with Crippen LogP contribution in [0.1, 0.15) is 53.1 Å². The lowest BCUT2D eigenvalue weighted by atomic mass is 9.71. The second-order valence-electron chi connectivity index (χ2n) is 7.55. The molecule has 7 nitrogen and oxygen atoms in total. The summed E-state index contributed by atoms with van der Waals surface area (Å²) in [6.07, 6.45) is -3.98. The first kappa shape index (κ1) is 20.1. The number of rotatable bonds is 3. The van der Waals surface area contributed by atoms with E-state index < -0.39 is 35.1 Å². The summed E-state index contributed by atoms with van der Waals surface area (Å²) in [5.74, 6) is -1.95. The fraction of sp³-hybridized carbons (Fsp3) is 0.400. The Morgan fingerprint density at radius 1 is 1.20 bits per heavy atom. The van der Waals surface area contributed by atoms with Crippen molar-refractivity contribution in [3.63, 3.8) is 0 Å². The van der Waals surface area contributed by atoms with E-state index in [1.54, 1.807) is 6.92 Å². The number of alkyl halides is 3. The minimum atomic E-state index is -4.59. The normalized spacial score (nSPS) is 23.2. The van der Waals surface area contributed by atoms with Crippen LogP contribution in [0.2, 0.25) is 0 Å². The number of carboxylic acids is 1. The highest BCUT2D eigenvalue weighted by Crippen LogP contribution is 2.47. The van der Waals surface area contributed by atoms with Gasteiger partial charge < -0.3 is 15.2 Å². The van der Waals surface area contributed by atoms with Crippen LogP contribution in [-0.4, -0.2) is 33.1 Å². The summed E-state index contributed by atoms with van der Waals surface area (Å²) >= 11 is 0. The zero-order chi connectivity index (χ0) is 21.7. The van der Waals surface area contributed by atoms with Gasteiger partial charge in [0.2, 0.25) is 11.8 Å². The van der Waals surface area contributed by atoms with Gasteiger partial charge >= 0.3 is 12.1 Å². The number of amides is 1. The van der Waals surface area contributed by atoms with Crippen LogP contribution in [0.4, 0.5) is 18.9 Å². The van der Waals surface area contributed by atoms with E-state index in [9.17, 15) is 27.9 Å². The minimum Gasteiger partial charge on any atom is -0.477 e. The van der Waals surface area contributed by atoms with Crippen molar-refractivity contribution in [1.29, 1.82) is 0 Å². The van der Waals surface area contributed by atoms with Crippen molar-refractivity contribution in [3.05, 3.63) is 46.9 Å².